The molecule has 0 saturated carbocycles. The van der Waals surface area contributed by atoms with Crippen LogP contribution in [0, 0.1) is 0 Å². The minimum absolute atomic E-state index is 0.129. The zero-order valence-corrected chi connectivity index (χ0v) is 15.4. The maximum absolute atomic E-state index is 12.4. The van der Waals surface area contributed by atoms with E-state index >= 15 is 0 Å². The largest absolute Gasteiger partial charge is 0.351 e. The highest BCUT2D eigenvalue weighted by Gasteiger charge is 2.07. The Hall–Kier alpha value is -3.73. The fourth-order valence-electron chi connectivity index (χ4n) is 3.64. The van der Waals surface area contributed by atoms with Crippen molar-refractivity contribution in [3.05, 3.63) is 95.2 Å². The highest BCUT2D eigenvalue weighted by Crippen LogP contribution is 2.26. The van der Waals surface area contributed by atoms with Gasteiger partial charge in [-0.2, -0.15) is 0 Å². The van der Waals surface area contributed by atoms with E-state index in [2.05, 4.69) is 64.2 Å². The van der Waals surface area contributed by atoms with Crippen molar-refractivity contribution in [2.24, 2.45) is 7.05 Å². The van der Waals surface area contributed by atoms with Gasteiger partial charge in [0, 0.05) is 25.0 Å². The lowest BCUT2D eigenvalue weighted by Crippen LogP contribution is -2.21. The first-order valence-corrected chi connectivity index (χ1v) is 9.14. The maximum Gasteiger partial charge on any atom is 0.269 e. The minimum Gasteiger partial charge on any atom is -0.351 e. The Morgan fingerprint density at radius 2 is 1.79 bits per heavy atom. The van der Waals surface area contributed by atoms with Gasteiger partial charge in [0.25, 0.3) is 5.56 Å². The molecule has 0 N–H and O–H groups in total. The van der Waals surface area contributed by atoms with Gasteiger partial charge in [0.2, 0.25) is 0 Å². The summed E-state index contributed by atoms with van der Waals surface area (Å²) in [5, 5.41) is 1.23. The third-order valence-electron chi connectivity index (χ3n) is 5.11. The number of rotatable bonds is 3. The number of hydrogen-bond acceptors (Lipinski definition) is 3. The molecule has 0 aliphatic carbocycles. The first-order chi connectivity index (χ1) is 13.7. The summed E-state index contributed by atoms with van der Waals surface area (Å²) in [5.74, 6) is 0. The first kappa shape index (κ1) is 16.4. The second-order valence-corrected chi connectivity index (χ2v) is 6.93. The number of fused-ring (bicyclic) bond motifs is 2. The lowest BCUT2D eigenvalue weighted by atomic mass is 10.0. The second kappa shape index (κ2) is 6.46. The van der Waals surface area contributed by atoms with Crippen molar-refractivity contribution >= 4 is 22.1 Å². The van der Waals surface area contributed by atoms with E-state index in [0.717, 1.165) is 22.2 Å². The molecule has 0 spiro atoms. The highest BCUT2D eigenvalue weighted by molar-refractivity contribution is 5.85. The summed E-state index contributed by atoms with van der Waals surface area (Å²) < 4.78 is 3.84. The SMILES string of the molecule is Cn1ccc2ccc(-c3cccc(Cn4c(=O)cnc5ncccc54)c3)cc21. The minimum atomic E-state index is -0.129. The Morgan fingerprint density at radius 1 is 0.893 bits per heavy atom. The molecule has 0 radical (unpaired) electrons. The Bertz CT molecular complexity index is 1380. The van der Waals surface area contributed by atoms with Gasteiger partial charge in [0.1, 0.15) is 0 Å². The Labute approximate surface area is 161 Å². The molecule has 28 heavy (non-hydrogen) atoms. The Balaban J connectivity index is 1.57. The fraction of sp³-hybridized carbons (Fsp3) is 0.0870. The van der Waals surface area contributed by atoms with E-state index in [1.165, 1.54) is 17.1 Å². The fourth-order valence-corrected chi connectivity index (χ4v) is 3.64. The molecular weight excluding hydrogens is 348 g/mol. The molecule has 5 aromatic rings. The number of nitrogens with zero attached hydrogens (tertiary/aromatic N) is 4. The average Bonchev–Trinajstić information content (AvgIpc) is 3.11. The normalized spacial score (nSPS) is 11.3. The Morgan fingerprint density at radius 3 is 2.71 bits per heavy atom. The van der Waals surface area contributed by atoms with Gasteiger partial charge in [0.15, 0.2) is 5.65 Å². The molecule has 0 saturated heterocycles. The summed E-state index contributed by atoms with van der Waals surface area (Å²) in [4.78, 5) is 20.8. The van der Waals surface area contributed by atoms with Crippen LogP contribution >= 0.6 is 0 Å². The van der Waals surface area contributed by atoms with Gasteiger partial charge in [-0.3, -0.25) is 9.36 Å². The molecule has 0 unspecified atom stereocenters. The monoisotopic (exact) mass is 366 g/mol. The molecule has 3 aromatic heterocycles. The van der Waals surface area contributed by atoms with E-state index in [-0.39, 0.29) is 5.56 Å². The molecule has 0 fully saturated rings. The molecule has 0 amide bonds. The average molecular weight is 366 g/mol. The molecule has 0 bridgehead atoms. The predicted molar refractivity (Wildman–Crippen MR) is 111 cm³/mol. The van der Waals surface area contributed by atoms with Crippen LogP contribution in [-0.4, -0.2) is 19.1 Å². The van der Waals surface area contributed by atoms with Gasteiger partial charge in [0.05, 0.1) is 18.3 Å². The summed E-state index contributed by atoms with van der Waals surface area (Å²) in [5.41, 5.74) is 5.73. The third-order valence-corrected chi connectivity index (χ3v) is 5.11. The number of hydrogen-bond donors (Lipinski definition) is 0. The maximum atomic E-state index is 12.4. The van der Waals surface area contributed by atoms with E-state index < -0.39 is 0 Å². The van der Waals surface area contributed by atoms with E-state index in [0.29, 0.717) is 12.2 Å². The zero-order valence-electron chi connectivity index (χ0n) is 15.4. The van der Waals surface area contributed by atoms with E-state index in [1.54, 1.807) is 10.8 Å². The summed E-state index contributed by atoms with van der Waals surface area (Å²) in [7, 11) is 2.05. The van der Waals surface area contributed by atoms with Crippen LogP contribution in [0.3, 0.4) is 0 Å². The van der Waals surface area contributed by atoms with Crippen molar-refractivity contribution in [3.63, 3.8) is 0 Å². The molecular formula is C23H18N4O. The van der Waals surface area contributed by atoms with Crippen LogP contribution in [0.25, 0.3) is 33.2 Å². The van der Waals surface area contributed by atoms with Crippen LogP contribution < -0.4 is 5.56 Å². The van der Waals surface area contributed by atoms with E-state index in [4.69, 9.17) is 0 Å². The number of aryl methyl sites for hydroxylation is 1. The van der Waals surface area contributed by atoms with Crippen LogP contribution in [0.5, 0.6) is 0 Å². The molecule has 5 heteroatoms. The second-order valence-electron chi connectivity index (χ2n) is 6.93. The summed E-state index contributed by atoms with van der Waals surface area (Å²) in [6.45, 7) is 0.476. The Kier molecular flexibility index (Phi) is 3.79. The predicted octanol–water partition coefficient (Wildman–Crippen LogP) is 4.00. The molecule has 5 nitrogen and oxygen atoms in total. The van der Waals surface area contributed by atoms with Crippen molar-refractivity contribution in [1.29, 1.82) is 0 Å². The van der Waals surface area contributed by atoms with Gasteiger partial charge in [-0.25, -0.2) is 9.97 Å². The smallest absolute Gasteiger partial charge is 0.269 e. The molecule has 136 valence electrons. The van der Waals surface area contributed by atoms with E-state index in [1.807, 2.05) is 24.3 Å². The van der Waals surface area contributed by atoms with Gasteiger partial charge >= 0.3 is 0 Å². The number of aromatic nitrogens is 4. The topological polar surface area (TPSA) is 52.7 Å². The van der Waals surface area contributed by atoms with Crippen molar-refractivity contribution in [1.82, 2.24) is 19.1 Å². The number of pyridine rings is 1. The third kappa shape index (κ3) is 2.77. The van der Waals surface area contributed by atoms with Crippen molar-refractivity contribution in [2.75, 3.05) is 0 Å². The quantitative estimate of drug-likeness (QED) is 0.485. The van der Waals surface area contributed by atoms with Crippen LogP contribution in [0.15, 0.2) is 84.0 Å². The highest BCUT2D eigenvalue weighted by atomic mass is 16.1. The number of benzene rings is 2. The molecule has 0 aliphatic heterocycles. The van der Waals surface area contributed by atoms with Crippen LogP contribution in [0.4, 0.5) is 0 Å². The van der Waals surface area contributed by atoms with Crippen molar-refractivity contribution < 1.29 is 0 Å². The van der Waals surface area contributed by atoms with Gasteiger partial charge in [-0.05, 0) is 52.4 Å². The summed E-state index contributed by atoms with van der Waals surface area (Å²) in [6, 6.07) is 20.6. The first-order valence-electron chi connectivity index (χ1n) is 9.14. The summed E-state index contributed by atoms with van der Waals surface area (Å²) in [6.07, 6.45) is 5.09. The van der Waals surface area contributed by atoms with Crippen LogP contribution in [0.1, 0.15) is 5.56 Å². The van der Waals surface area contributed by atoms with Gasteiger partial charge in [-0.15, -0.1) is 0 Å². The lowest BCUT2D eigenvalue weighted by molar-refractivity contribution is 0.784. The molecule has 3 heterocycles. The molecule has 0 aliphatic rings. The van der Waals surface area contributed by atoms with Crippen LogP contribution in [-0.2, 0) is 13.6 Å². The standard InChI is InChI=1S/C23H18N4O/c1-26-11-9-17-7-8-19(13-21(17)26)18-5-2-4-16(12-18)15-27-20-6-3-10-24-23(20)25-14-22(27)28/h2-14H,15H2,1H3. The summed E-state index contributed by atoms with van der Waals surface area (Å²) >= 11 is 0. The van der Waals surface area contributed by atoms with Gasteiger partial charge < -0.3 is 4.57 Å². The molecule has 0 atom stereocenters. The zero-order chi connectivity index (χ0) is 19.1. The van der Waals surface area contributed by atoms with Crippen molar-refractivity contribution in [3.8, 4) is 11.1 Å². The van der Waals surface area contributed by atoms with Gasteiger partial charge in [-0.1, -0.05) is 30.3 Å². The molecule has 5 rings (SSSR count). The van der Waals surface area contributed by atoms with E-state index in [9.17, 15) is 4.79 Å². The lowest BCUT2D eigenvalue weighted by Gasteiger charge is -2.11. The van der Waals surface area contributed by atoms with Crippen molar-refractivity contribution in [2.45, 2.75) is 6.54 Å². The van der Waals surface area contributed by atoms with Crippen LogP contribution in [0.2, 0.25) is 0 Å². The molecule has 2 aromatic carbocycles.